The van der Waals surface area contributed by atoms with Gasteiger partial charge in [0.2, 0.25) is 0 Å². The molecule has 0 aliphatic heterocycles. The summed E-state index contributed by atoms with van der Waals surface area (Å²) in [6, 6.07) is 13.9. The third kappa shape index (κ3) is 2.04. The van der Waals surface area contributed by atoms with Crippen LogP contribution in [-0.2, 0) is 0 Å². The minimum absolute atomic E-state index is 0.681. The van der Waals surface area contributed by atoms with Crippen LogP contribution in [0.25, 0.3) is 17.2 Å². The summed E-state index contributed by atoms with van der Waals surface area (Å²) in [4.78, 5) is 11.0. The first-order valence-electron chi connectivity index (χ1n) is 5.54. The minimum Gasteiger partial charge on any atom is -0.298 e. The molecular weight excluding hydrogens is 208 g/mol. The summed E-state index contributed by atoms with van der Waals surface area (Å²) in [7, 11) is 0. The van der Waals surface area contributed by atoms with Gasteiger partial charge in [-0.2, -0.15) is 0 Å². The third-order valence-electron chi connectivity index (χ3n) is 2.91. The molecule has 0 aromatic heterocycles. The molecule has 0 aliphatic rings. The van der Waals surface area contributed by atoms with Gasteiger partial charge in [0.15, 0.2) is 6.29 Å². The monoisotopic (exact) mass is 222 g/mol. The van der Waals surface area contributed by atoms with Gasteiger partial charge >= 0.3 is 0 Å². The van der Waals surface area contributed by atoms with Gasteiger partial charge in [-0.15, -0.1) is 0 Å². The molecule has 0 saturated carbocycles. The molecule has 0 spiro atoms. The SMILES string of the molecule is C=Cc1c(C=O)cccc1-c1ccccc1C. The lowest BCUT2D eigenvalue weighted by Gasteiger charge is -2.11. The van der Waals surface area contributed by atoms with Crippen LogP contribution in [-0.4, -0.2) is 6.29 Å². The summed E-state index contributed by atoms with van der Waals surface area (Å²) in [6.07, 6.45) is 2.62. The maximum absolute atomic E-state index is 11.0. The number of carbonyl (C=O) groups excluding carboxylic acids is 1. The van der Waals surface area contributed by atoms with Gasteiger partial charge in [0.1, 0.15) is 0 Å². The van der Waals surface area contributed by atoms with Crippen molar-refractivity contribution in [3.05, 3.63) is 65.7 Å². The second-order valence-corrected chi connectivity index (χ2v) is 3.95. The molecule has 0 radical (unpaired) electrons. The average molecular weight is 222 g/mol. The number of hydrogen-bond acceptors (Lipinski definition) is 1. The molecular formula is C16H14O. The predicted octanol–water partition coefficient (Wildman–Crippen LogP) is 4.12. The van der Waals surface area contributed by atoms with E-state index in [1.165, 1.54) is 5.56 Å². The first kappa shape index (κ1) is 11.3. The summed E-state index contributed by atoms with van der Waals surface area (Å²) in [5.74, 6) is 0. The molecule has 0 unspecified atom stereocenters. The van der Waals surface area contributed by atoms with Crippen molar-refractivity contribution in [1.29, 1.82) is 0 Å². The van der Waals surface area contributed by atoms with E-state index in [-0.39, 0.29) is 0 Å². The van der Waals surface area contributed by atoms with E-state index >= 15 is 0 Å². The summed E-state index contributed by atoms with van der Waals surface area (Å²) < 4.78 is 0. The number of rotatable bonds is 3. The molecule has 1 heteroatoms. The van der Waals surface area contributed by atoms with Crippen LogP contribution in [0.15, 0.2) is 49.0 Å². The molecule has 2 aromatic rings. The van der Waals surface area contributed by atoms with Gasteiger partial charge < -0.3 is 0 Å². The third-order valence-corrected chi connectivity index (χ3v) is 2.91. The van der Waals surface area contributed by atoms with E-state index in [1.54, 1.807) is 6.08 Å². The molecule has 2 rings (SSSR count). The molecule has 0 aliphatic carbocycles. The Kier molecular flexibility index (Phi) is 3.20. The van der Waals surface area contributed by atoms with E-state index in [0.717, 1.165) is 23.0 Å². The molecule has 84 valence electrons. The molecule has 0 atom stereocenters. The van der Waals surface area contributed by atoms with Crippen LogP contribution in [0.1, 0.15) is 21.5 Å². The van der Waals surface area contributed by atoms with Gasteiger partial charge in [0.25, 0.3) is 0 Å². The standard InChI is InChI=1S/C16H14O/c1-3-14-13(11-17)8-6-10-16(14)15-9-5-4-7-12(15)2/h3-11H,1H2,2H3. The maximum Gasteiger partial charge on any atom is 0.150 e. The van der Waals surface area contributed by atoms with Crippen LogP contribution in [0.5, 0.6) is 0 Å². The fraction of sp³-hybridized carbons (Fsp3) is 0.0625. The van der Waals surface area contributed by atoms with Gasteiger partial charge in [-0.05, 0) is 29.2 Å². The van der Waals surface area contributed by atoms with E-state index in [1.807, 2.05) is 30.3 Å². The zero-order valence-corrected chi connectivity index (χ0v) is 9.81. The highest BCUT2D eigenvalue weighted by molar-refractivity contribution is 5.89. The Morgan fingerprint density at radius 2 is 1.71 bits per heavy atom. The van der Waals surface area contributed by atoms with E-state index in [9.17, 15) is 4.79 Å². The van der Waals surface area contributed by atoms with E-state index < -0.39 is 0 Å². The predicted molar refractivity (Wildman–Crippen MR) is 72.1 cm³/mol. The van der Waals surface area contributed by atoms with Gasteiger partial charge in [-0.25, -0.2) is 0 Å². The van der Waals surface area contributed by atoms with Crippen LogP contribution in [0.4, 0.5) is 0 Å². The molecule has 1 nitrogen and oxygen atoms in total. The molecule has 0 N–H and O–H groups in total. The second kappa shape index (κ2) is 4.79. The lowest BCUT2D eigenvalue weighted by molar-refractivity contribution is 0.112. The van der Waals surface area contributed by atoms with E-state index in [0.29, 0.717) is 5.56 Å². The summed E-state index contributed by atoms with van der Waals surface area (Å²) >= 11 is 0. The van der Waals surface area contributed by atoms with E-state index in [2.05, 4.69) is 25.6 Å². The van der Waals surface area contributed by atoms with Crippen molar-refractivity contribution in [1.82, 2.24) is 0 Å². The first-order valence-corrected chi connectivity index (χ1v) is 5.54. The lowest BCUT2D eigenvalue weighted by atomic mass is 9.93. The van der Waals surface area contributed by atoms with Gasteiger partial charge in [0.05, 0.1) is 0 Å². The Morgan fingerprint density at radius 3 is 2.35 bits per heavy atom. The second-order valence-electron chi connectivity index (χ2n) is 3.95. The van der Waals surface area contributed by atoms with Crippen LogP contribution >= 0.6 is 0 Å². The number of benzene rings is 2. The Bertz CT molecular complexity index is 567. The minimum atomic E-state index is 0.681. The molecule has 2 aromatic carbocycles. The van der Waals surface area contributed by atoms with Crippen LogP contribution in [0.2, 0.25) is 0 Å². The van der Waals surface area contributed by atoms with Crippen molar-refractivity contribution in [3.8, 4) is 11.1 Å². The van der Waals surface area contributed by atoms with Crippen molar-refractivity contribution in [2.75, 3.05) is 0 Å². The largest absolute Gasteiger partial charge is 0.298 e. The van der Waals surface area contributed by atoms with Gasteiger partial charge in [-0.1, -0.05) is 55.1 Å². The fourth-order valence-electron chi connectivity index (χ4n) is 2.02. The Hall–Kier alpha value is -2.15. The van der Waals surface area contributed by atoms with Crippen molar-refractivity contribution in [3.63, 3.8) is 0 Å². The quantitative estimate of drug-likeness (QED) is 0.714. The Morgan fingerprint density at radius 1 is 1.00 bits per heavy atom. The summed E-state index contributed by atoms with van der Waals surface area (Å²) in [5, 5.41) is 0. The van der Waals surface area contributed by atoms with Crippen molar-refractivity contribution >= 4 is 12.4 Å². The van der Waals surface area contributed by atoms with Crippen LogP contribution in [0, 0.1) is 6.92 Å². The molecule has 0 saturated heterocycles. The smallest absolute Gasteiger partial charge is 0.150 e. The lowest BCUT2D eigenvalue weighted by Crippen LogP contribution is -1.92. The highest BCUT2D eigenvalue weighted by atomic mass is 16.1. The van der Waals surface area contributed by atoms with Crippen LogP contribution in [0.3, 0.4) is 0 Å². The normalized spacial score (nSPS) is 9.94. The maximum atomic E-state index is 11.0. The molecule has 0 amide bonds. The molecule has 0 heterocycles. The number of aryl methyl sites for hydroxylation is 1. The zero-order valence-electron chi connectivity index (χ0n) is 9.81. The zero-order chi connectivity index (χ0) is 12.3. The van der Waals surface area contributed by atoms with Gasteiger partial charge in [-0.3, -0.25) is 4.79 Å². The molecule has 0 bridgehead atoms. The first-order chi connectivity index (χ1) is 8.27. The number of carbonyl (C=O) groups is 1. The fourth-order valence-corrected chi connectivity index (χ4v) is 2.02. The summed E-state index contributed by atoms with van der Waals surface area (Å²) in [5.41, 5.74) is 4.98. The Balaban J connectivity index is 2.72. The van der Waals surface area contributed by atoms with Crippen molar-refractivity contribution < 1.29 is 4.79 Å². The highest BCUT2D eigenvalue weighted by Gasteiger charge is 2.08. The molecule has 0 fully saturated rings. The number of aldehydes is 1. The van der Waals surface area contributed by atoms with Crippen molar-refractivity contribution in [2.24, 2.45) is 0 Å². The summed E-state index contributed by atoms with van der Waals surface area (Å²) in [6.45, 7) is 5.86. The van der Waals surface area contributed by atoms with Gasteiger partial charge in [0, 0.05) is 5.56 Å². The highest BCUT2D eigenvalue weighted by Crippen LogP contribution is 2.29. The molecule has 17 heavy (non-hydrogen) atoms. The van der Waals surface area contributed by atoms with E-state index in [4.69, 9.17) is 0 Å². The van der Waals surface area contributed by atoms with Crippen LogP contribution < -0.4 is 0 Å². The van der Waals surface area contributed by atoms with Crippen molar-refractivity contribution in [2.45, 2.75) is 6.92 Å². The number of hydrogen-bond donors (Lipinski definition) is 0. The average Bonchev–Trinajstić information content (AvgIpc) is 2.38. The topological polar surface area (TPSA) is 17.1 Å². The Labute approximate surface area is 101 Å².